The zero-order valence-corrected chi connectivity index (χ0v) is 11.3. The number of nitrogens with zero attached hydrogens (tertiary/aromatic N) is 2. The van der Waals surface area contributed by atoms with Crippen LogP contribution in [0.15, 0.2) is 24.5 Å². The summed E-state index contributed by atoms with van der Waals surface area (Å²) < 4.78 is 0. The maximum Gasteiger partial charge on any atom is 0.0499 e. The maximum atomic E-state index is 9.72. The standard InChI is InChI=1S/C15H24N2O/c1-17(11-14-6-5-9-16-10-14)12-15(13-18)7-3-2-4-8-15/h5-6,9-10,18H,2-4,7-8,11-13H2,1H3. The first-order valence-electron chi connectivity index (χ1n) is 6.92. The minimum absolute atomic E-state index is 0.134. The lowest BCUT2D eigenvalue weighted by atomic mass is 9.74. The Morgan fingerprint density at radius 3 is 2.72 bits per heavy atom. The van der Waals surface area contributed by atoms with Crippen LogP contribution in [0.4, 0.5) is 0 Å². The highest BCUT2D eigenvalue weighted by atomic mass is 16.3. The molecule has 1 heterocycles. The van der Waals surface area contributed by atoms with Crippen LogP contribution in [-0.4, -0.2) is 35.2 Å². The molecule has 0 amide bonds. The topological polar surface area (TPSA) is 36.4 Å². The van der Waals surface area contributed by atoms with Crippen molar-refractivity contribution in [2.24, 2.45) is 5.41 Å². The summed E-state index contributed by atoms with van der Waals surface area (Å²) in [5, 5.41) is 9.72. The van der Waals surface area contributed by atoms with Crippen LogP contribution in [0.25, 0.3) is 0 Å². The molecule has 3 nitrogen and oxygen atoms in total. The predicted octanol–water partition coefficient (Wildman–Crippen LogP) is 2.46. The average molecular weight is 248 g/mol. The van der Waals surface area contributed by atoms with Gasteiger partial charge in [0.1, 0.15) is 0 Å². The van der Waals surface area contributed by atoms with Gasteiger partial charge in [-0.1, -0.05) is 25.3 Å². The third kappa shape index (κ3) is 3.53. The molecule has 1 aliphatic rings. The predicted molar refractivity (Wildman–Crippen MR) is 73.2 cm³/mol. The van der Waals surface area contributed by atoms with Crippen molar-refractivity contribution < 1.29 is 5.11 Å². The fourth-order valence-electron chi connectivity index (χ4n) is 3.10. The van der Waals surface area contributed by atoms with Crippen molar-refractivity contribution in [3.8, 4) is 0 Å². The normalized spacial score (nSPS) is 19.1. The summed E-state index contributed by atoms with van der Waals surface area (Å²) in [5.74, 6) is 0. The molecule has 1 N–H and O–H groups in total. The van der Waals surface area contributed by atoms with Gasteiger partial charge in [-0.05, 0) is 31.5 Å². The van der Waals surface area contributed by atoms with Crippen LogP contribution in [-0.2, 0) is 6.54 Å². The molecule has 0 radical (unpaired) electrons. The third-order valence-corrected chi connectivity index (χ3v) is 4.03. The van der Waals surface area contributed by atoms with E-state index in [9.17, 15) is 5.11 Å². The number of hydrogen-bond donors (Lipinski definition) is 1. The molecule has 1 aromatic heterocycles. The summed E-state index contributed by atoms with van der Waals surface area (Å²) in [6.45, 7) is 2.22. The minimum Gasteiger partial charge on any atom is -0.396 e. The zero-order valence-electron chi connectivity index (χ0n) is 11.3. The molecule has 3 heteroatoms. The van der Waals surface area contributed by atoms with Gasteiger partial charge in [0.25, 0.3) is 0 Å². The van der Waals surface area contributed by atoms with E-state index >= 15 is 0 Å². The number of aliphatic hydroxyl groups excluding tert-OH is 1. The smallest absolute Gasteiger partial charge is 0.0499 e. The van der Waals surface area contributed by atoms with E-state index in [2.05, 4.69) is 23.0 Å². The summed E-state index contributed by atoms with van der Waals surface area (Å²) >= 11 is 0. The highest BCUT2D eigenvalue weighted by Gasteiger charge is 2.32. The lowest BCUT2D eigenvalue weighted by Gasteiger charge is -2.38. The largest absolute Gasteiger partial charge is 0.396 e. The molecule has 2 rings (SSSR count). The van der Waals surface area contributed by atoms with Crippen molar-refractivity contribution >= 4 is 0 Å². The summed E-state index contributed by atoms with van der Waals surface area (Å²) in [7, 11) is 2.14. The Morgan fingerprint density at radius 2 is 2.11 bits per heavy atom. The van der Waals surface area contributed by atoms with Gasteiger partial charge in [-0.2, -0.15) is 0 Å². The van der Waals surface area contributed by atoms with Gasteiger partial charge < -0.3 is 10.0 Å². The molecule has 1 aliphatic carbocycles. The van der Waals surface area contributed by atoms with Crippen molar-refractivity contribution in [1.29, 1.82) is 0 Å². The Balaban J connectivity index is 1.91. The van der Waals surface area contributed by atoms with Crippen molar-refractivity contribution in [3.63, 3.8) is 0 Å². The summed E-state index contributed by atoms with van der Waals surface area (Å²) in [6.07, 6.45) is 9.92. The van der Waals surface area contributed by atoms with E-state index in [1.807, 2.05) is 12.3 Å². The first-order valence-corrected chi connectivity index (χ1v) is 6.92. The van der Waals surface area contributed by atoms with Gasteiger partial charge in [-0.3, -0.25) is 4.98 Å². The number of aromatic nitrogens is 1. The minimum atomic E-state index is 0.134. The molecule has 0 bridgehead atoms. The molecular formula is C15H24N2O. The van der Waals surface area contributed by atoms with Crippen molar-refractivity contribution in [2.45, 2.75) is 38.6 Å². The van der Waals surface area contributed by atoms with Gasteiger partial charge in [0.15, 0.2) is 0 Å². The lowest BCUT2D eigenvalue weighted by Crippen LogP contribution is -2.39. The molecule has 0 atom stereocenters. The number of rotatable bonds is 5. The van der Waals surface area contributed by atoms with E-state index in [4.69, 9.17) is 0 Å². The van der Waals surface area contributed by atoms with E-state index in [1.54, 1.807) is 6.20 Å². The van der Waals surface area contributed by atoms with Crippen LogP contribution >= 0.6 is 0 Å². The Bertz CT molecular complexity index is 347. The van der Waals surface area contributed by atoms with Gasteiger partial charge in [0.05, 0.1) is 0 Å². The van der Waals surface area contributed by atoms with Gasteiger partial charge in [0.2, 0.25) is 0 Å². The maximum absolute atomic E-state index is 9.72. The van der Waals surface area contributed by atoms with Crippen LogP contribution in [0.3, 0.4) is 0 Å². The average Bonchev–Trinajstić information content (AvgIpc) is 2.41. The first-order chi connectivity index (χ1) is 8.74. The van der Waals surface area contributed by atoms with Crippen LogP contribution in [0, 0.1) is 5.41 Å². The van der Waals surface area contributed by atoms with E-state index in [-0.39, 0.29) is 5.41 Å². The van der Waals surface area contributed by atoms with Crippen LogP contribution in [0.1, 0.15) is 37.7 Å². The fraction of sp³-hybridized carbons (Fsp3) is 0.667. The Hall–Kier alpha value is -0.930. The molecule has 0 spiro atoms. The summed E-state index contributed by atoms with van der Waals surface area (Å²) in [6, 6.07) is 4.08. The van der Waals surface area contributed by atoms with E-state index in [0.29, 0.717) is 6.61 Å². The second-order valence-electron chi connectivity index (χ2n) is 5.75. The number of aliphatic hydroxyl groups is 1. The SMILES string of the molecule is CN(Cc1cccnc1)CC1(CO)CCCCC1. The van der Waals surface area contributed by atoms with Crippen LogP contribution < -0.4 is 0 Å². The van der Waals surface area contributed by atoms with Crippen molar-refractivity contribution in [1.82, 2.24) is 9.88 Å². The first kappa shape index (κ1) is 13.5. The van der Waals surface area contributed by atoms with Gasteiger partial charge in [-0.25, -0.2) is 0 Å². The molecular weight excluding hydrogens is 224 g/mol. The van der Waals surface area contributed by atoms with E-state index < -0.39 is 0 Å². The zero-order chi connectivity index (χ0) is 12.8. The van der Waals surface area contributed by atoms with Gasteiger partial charge in [0, 0.05) is 37.5 Å². The second-order valence-corrected chi connectivity index (χ2v) is 5.75. The third-order valence-electron chi connectivity index (χ3n) is 4.03. The monoisotopic (exact) mass is 248 g/mol. The quantitative estimate of drug-likeness (QED) is 0.869. The van der Waals surface area contributed by atoms with Gasteiger partial charge in [-0.15, -0.1) is 0 Å². The number of pyridine rings is 1. The second kappa shape index (κ2) is 6.30. The molecule has 100 valence electrons. The summed E-state index contributed by atoms with van der Waals surface area (Å²) in [4.78, 5) is 6.46. The molecule has 0 aliphatic heterocycles. The Kier molecular flexibility index (Phi) is 4.72. The molecule has 0 unspecified atom stereocenters. The molecule has 0 saturated heterocycles. The summed E-state index contributed by atoms with van der Waals surface area (Å²) in [5.41, 5.74) is 1.37. The molecule has 1 fully saturated rings. The van der Waals surface area contributed by atoms with Crippen LogP contribution in [0.2, 0.25) is 0 Å². The fourth-order valence-corrected chi connectivity index (χ4v) is 3.10. The van der Waals surface area contributed by atoms with E-state index in [0.717, 1.165) is 13.1 Å². The highest BCUT2D eigenvalue weighted by molar-refractivity contribution is 5.08. The Labute approximate surface area is 110 Å². The van der Waals surface area contributed by atoms with Crippen molar-refractivity contribution in [3.05, 3.63) is 30.1 Å². The lowest BCUT2D eigenvalue weighted by molar-refractivity contribution is 0.0463. The van der Waals surface area contributed by atoms with Gasteiger partial charge >= 0.3 is 0 Å². The molecule has 1 saturated carbocycles. The van der Waals surface area contributed by atoms with Crippen LogP contribution in [0.5, 0.6) is 0 Å². The van der Waals surface area contributed by atoms with E-state index in [1.165, 1.54) is 37.7 Å². The van der Waals surface area contributed by atoms with Crippen molar-refractivity contribution in [2.75, 3.05) is 20.2 Å². The Morgan fingerprint density at radius 1 is 1.33 bits per heavy atom. The highest BCUT2D eigenvalue weighted by Crippen LogP contribution is 2.36. The molecule has 1 aromatic rings. The molecule has 0 aromatic carbocycles. The molecule has 18 heavy (non-hydrogen) atoms. The number of hydrogen-bond acceptors (Lipinski definition) is 3.